The van der Waals surface area contributed by atoms with E-state index >= 15 is 0 Å². The molecule has 1 N–H and O–H groups in total. The second-order valence-electron chi connectivity index (χ2n) is 10.5. The second-order valence-corrected chi connectivity index (χ2v) is 10.9. The summed E-state index contributed by atoms with van der Waals surface area (Å²) in [5.74, 6) is -0.359. The average molecular weight is 534 g/mol. The summed E-state index contributed by atoms with van der Waals surface area (Å²) in [6.45, 7) is 4.37. The fourth-order valence-electron chi connectivity index (χ4n) is 4.77. The van der Waals surface area contributed by atoms with Crippen molar-refractivity contribution >= 4 is 17.5 Å². The first-order valence-electron chi connectivity index (χ1n) is 14.4. The molecule has 4 nitrogen and oxygen atoms in total. The largest absolute Gasteiger partial charge is 0.436 e. The minimum absolute atomic E-state index is 0.0447. The van der Waals surface area contributed by atoms with Gasteiger partial charge >= 0.3 is 6.18 Å². The summed E-state index contributed by atoms with van der Waals surface area (Å²) in [5, 5.41) is 6.19. The molecular weight excluding hydrogens is 487 g/mol. The molecule has 1 saturated carbocycles. The summed E-state index contributed by atoms with van der Waals surface area (Å²) in [5.41, 5.74) is -0.752. The Kier molecular flexibility index (Phi) is 14.3. The van der Waals surface area contributed by atoms with E-state index in [2.05, 4.69) is 17.3 Å². The van der Waals surface area contributed by atoms with Crippen molar-refractivity contribution in [2.24, 2.45) is 0 Å². The smallest absolute Gasteiger partial charge is 0.354 e. The van der Waals surface area contributed by atoms with E-state index in [-0.39, 0.29) is 16.8 Å². The highest BCUT2D eigenvalue weighted by Gasteiger charge is 2.43. The molecule has 0 radical (unpaired) electrons. The zero-order valence-electron chi connectivity index (χ0n) is 22.4. The van der Waals surface area contributed by atoms with Crippen LogP contribution in [0.4, 0.5) is 13.2 Å². The van der Waals surface area contributed by atoms with Crippen molar-refractivity contribution in [2.45, 2.75) is 148 Å². The van der Waals surface area contributed by atoms with E-state index in [1.807, 2.05) is 0 Å². The molecule has 0 spiro atoms. The quantitative estimate of drug-likeness (QED) is 0.170. The van der Waals surface area contributed by atoms with Crippen LogP contribution in [0.25, 0.3) is 0 Å². The molecule has 1 aromatic heterocycles. The molecule has 1 aliphatic carbocycles. The van der Waals surface area contributed by atoms with Crippen LogP contribution in [0.15, 0.2) is 0 Å². The number of hydrogen-bond acceptors (Lipinski definition) is 2. The molecule has 1 unspecified atom stereocenters. The van der Waals surface area contributed by atoms with Crippen LogP contribution in [-0.4, -0.2) is 22.2 Å². The number of carbonyl (C=O) groups is 1. The number of hydrogen-bond donors (Lipinski definition) is 1. The second kappa shape index (κ2) is 16.6. The lowest BCUT2D eigenvalue weighted by Crippen LogP contribution is -2.33. The Balaban J connectivity index is 1.51. The minimum Gasteiger partial charge on any atom is -0.354 e. The summed E-state index contributed by atoms with van der Waals surface area (Å²) in [6, 6.07) is -0.824. The maximum atomic E-state index is 13.3. The summed E-state index contributed by atoms with van der Waals surface area (Å²) in [4.78, 5) is 12.6. The third-order valence-corrected chi connectivity index (χ3v) is 7.57. The molecule has 36 heavy (non-hydrogen) atoms. The van der Waals surface area contributed by atoms with Gasteiger partial charge in [-0.25, -0.2) is 0 Å². The molecular formula is C28H47ClF3N3O. The van der Waals surface area contributed by atoms with Crippen LogP contribution in [0.2, 0.25) is 5.02 Å². The molecule has 8 heteroatoms. The fourth-order valence-corrected chi connectivity index (χ4v) is 5.16. The van der Waals surface area contributed by atoms with Gasteiger partial charge in [0, 0.05) is 12.5 Å². The third kappa shape index (κ3) is 11.0. The van der Waals surface area contributed by atoms with Gasteiger partial charge in [0.1, 0.15) is 6.04 Å². The molecule has 0 bridgehead atoms. The molecule has 0 aromatic carbocycles. The number of halogens is 4. The Bertz CT molecular complexity index is 762. The lowest BCUT2D eigenvalue weighted by atomic mass is 10.0. The maximum Gasteiger partial charge on any atom is 0.436 e. The van der Waals surface area contributed by atoms with E-state index in [0.29, 0.717) is 12.2 Å². The highest BCUT2D eigenvalue weighted by Crippen LogP contribution is 2.47. The number of rotatable bonds is 20. The number of unbranched alkanes of at least 4 members (excludes halogenated alkanes) is 15. The standard InChI is InChI=1S/C28H47ClF3N3O/c1-3-4-5-6-7-8-9-10-11-12-13-14-15-16-17-18-21-33-27(36)22(2)35-25(23-19-20-23)24(29)26(34-35)28(30,31)32/h22-23H,3-21H2,1-2H3,(H,33,36). The van der Waals surface area contributed by atoms with E-state index < -0.39 is 17.9 Å². The molecule has 1 aromatic rings. The van der Waals surface area contributed by atoms with Crippen LogP contribution in [0, 0.1) is 0 Å². The van der Waals surface area contributed by atoms with Gasteiger partial charge in [0.15, 0.2) is 5.69 Å². The third-order valence-electron chi connectivity index (χ3n) is 7.20. The van der Waals surface area contributed by atoms with Gasteiger partial charge in [-0.1, -0.05) is 115 Å². The SMILES string of the molecule is CCCCCCCCCCCCCCCCCCNC(=O)C(C)n1nc(C(F)(F)F)c(Cl)c1C1CC1. The number of amides is 1. The van der Waals surface area contributed by atoms with Gasteiger partial charge in [0.2, 0.25) is 5.91 Å². The van der Waals surface area contributed by atoms with Crippen molar-refractivity contribution in [2.75, 3.05) is 6.54 Å². The first-order chi connectivity index (χ1) is 17.3. The molecule has 208 valence electrons. The van der Waals surface area contributed by atoms with Crippen molar-refractivity contribution in [3.63, 3.8) is 0 Å². The zero-order valence-corrected chi connectivity index (χ0v) is 23.2. The van der Waals surface area contributed by atoms with Crippen LogP contribution >= 0.6 is 11.6 Å². The van der Waals surface area contributed by atoms with Crippen molar-refractivity contribution in [1.82, 2.24) is 15.1 Å². The van der Waals surface area contributed by atoms with Crippen molar-refractivity contribution in [3.8, 4) is 0 Å². The molecule has 0 saturated heterocycles. The number of alkyl halides is 3. The van der Waals surface area contributed by atoms with Crippen LogP contribution in [0.3, 0.4) is 0 Å². The van der Waals surface area contributed by atoms with Gasteiger partial charge in [-0.3, -0.25) is 9.48 Å². The number of nitrogens with one attached hydrogen (secondary N) is 1. The van der Waals surface area contributed by atoms with Gasteiger partial charge in [0.05, 0.1) is 10.7 Å². The molecule has 1 aliphatic rings. The first-order valence-corrected chi connectivity index (χ1v) is 14.8. The number of carbonyl (C=O) groups excluding carboxylic acids is 1. The van der Waals surface area contributed by atoms with Crippen LogP contribution in [0.5, 0.6) is 0 Å². The van der Waals surface area contributed by atoms with Gasteiger partial charge < -0.3 is 5.32 Å². The fraction of sp³-hybridized carbons (Fsp3) is 0.857. The van der Waals surface area contributed by atoms with Crippen LogP contribution in [-0.2, 0) is 11.0 Å². The molecule has 1 atom stereocenters. The molecule has 0 aliphatic heterocycles. The first kappa shape index (κ1) is 31.0. The topological polar surface area (TPSA) is 46.9 Å². The van der Waals surface area contributed by atoms with Gasteiger partial charge in [0.25, 0.3) is 0 Å². The Hall–Kier alpha value is -1.24. The monoisotopic (exact) mass is 533 g/mol. The highest BCUT2D eigenvalue weighted by molar-refractivity contribution is 6.32. The predicted octanol–water partition coefficient (Wildman–Crippen LogP) is 9.37. The van der Waals surface area contributed by atoms with Crippen molar-refractivity contribution in [3.05, 3.63) is 16.4 Å². The maximum absolute atomic E-state index is 13.3. The number of nitrogens with zero attached hydrogens (tertiary/aromatic N) is 2. The predicted molar refractivity (Wildman–Crippen MR) is 141 cm³/mol. The number of aromatic nitrogens is 2. The highest BCUT2D eigenvalue weighted by atomic mass is 35.5. The van der Waals surface area contributed by atoms with E-state index in [4.69, 9.17) is 11.6 Å². The van der Waals surface area contributed by atoms with Gasteiger partial charge in [-0.05, 0) is 26.2 Å². The van der Waals surface area contributed by atoms with E-state index in [9.17, 15) is 18.0 Å². The van der Waals surface area contributed by atoms with Gasteiger partial charge in [-0.2, -0.15) is 18.3 Å². The Morgan fingerprint density at radius 2 is 1.36 bits per heavy atom. The Labute approximate surface area is 221 Å². The Morgan fingerprint density at radius 1 is 0.917 bits per heavy atom. The average Bonchev–Trinajstić information content (AvgIpc) is 3.61. The lowest BCUT2D eigenvalue weighted by molar-refractivity contribution is -0.141. The minimum atomic E-state index is -4.63. The zero-order chi connectivity index (χ0) is 26.4. The molecule has 2 rings (SSSR count). The van der Waals surface area contributed by atoms with Crippen molar-refractivity contribution in [1.29, 1.82) is 0 Å². The summed E-state index contributed by atoms with van der Waals surface area (Å²) >= 11 is 6.02. The van der Waals surface area contributed by atoms with Crippen LogP contribution < -0.4 is 5.32 Å². The summed E-state index contributed by atoms with van der Waals surface area (Å²) in [6.07, 6.45) is 17.5. The lowest BCUT2D eigenvalue weighted by Gasteiger charge is -2.16. The summed E-state index contributed by atoms with van der Waals surface area (Å²) in [7, 11) is 0. The normalized spacial score (nSPS) is 14.8. The molecule has 1 heterocycles. The van der Waals surface area contributed by atoms with Crippen LogP contribution in [0.1, 0.15) is 153 Å². The molecule has 1 amide bonds. The van der Waals surface area contributed by atoms with E-state index in [1.54, 1.807) is 6.92 Å². The summed E-state index contributed by atoms with van der Waals surface area (Å²) < 4.78 is 41.0. The van der Waals surface area contributed by atoms with E-state index in [1.165, 1.54) is 88.2 Å². The molecule has 1 fully saturated rings. The van der Waals surface area contributed by atoms with Crippen molar-refractivity contribution < 1.29 is 18.0 Å². The van der Waals surface area contributed by atoms with Gasteiger partial charge in [-0.15, -0.1) is 0 Å². The Morgan fingerprint density at radius 3 is 1.78 bits per heavy atom. The van der Waals surface area contributed by atoms with E-state index in [0.717, 1.165) is 32.1 Å².